The zero-order valence-electron chi connectivity index (χ0n) is 7.97. The van der Waals surface area contributed by atoms with Gasteiger partial charge >= 0.3 is 0 Å². The van der Waals surface area contributed by atoms with Crippen LogP contribution in [-0.2, 0) is 12.8 Å². The molecule has 0 aliphatic heterocycles. The molecule has 0 atom stereocenters. The molecular formula is C9H15BrN2O. The van der Waals surface area contributed by atoms with Crippen molar-refractivity contribution in [1.82, 2.24) is 9.97 Å². The third-order valence-electron chi connectivity index (χ3n) is 1.74. The fraction of sp³-hybridized carbons (Fsp3) is 0.667. The summed E-state index contributed by atoms with van der Waals surface area (Å²) in [6, 6.07) is 0. The summed E-state index contributed by atoms with van der Waals surface area (Å²) in [4.78, 5) is 7.52. The summed E-state index contributed by atoms with van der Waals surface area (Å²) < 4.78 is 0.831. The van der Waals surface area contributed by atoms with Crippen LogP contribution in [0.2, 0.25) is 0 Å². The van der Waals surface area contributed by atoms with Crippen molar-refractivity contribution in [3.63, 3.8) is 0 Å². The smallest absolute Gasteiger partial charge is 0.127 e. The number of aliphatic hydroxyl groups excluding tert-OH is 1. The Morgan fingerprint density at radius 1 is 1.54 bits per heavy atom. The monoisotopic (exact) mass is 246 g/mol. The van der Waals surface area contributed by atoms with Crippen LogP contribution in [0.25, 0.3) is 0 Å². The molecule has 0 unspecified atom stereocenters. The third kappa shape index (κ3) is 3.12. The van der Waals surface area contributed by atoms with Crippen LogP contribution in [0.15, 0.2) is 4.60 Å². The summed E-state index contributed by atoms with van der Waals surface area (Å²) in [5, 5.41) is 8.77. The largest absolute Gasteiger partial charge is 0.396 e. The van der Waals surface area contributed by atoms with E-state index in [1.165, 1.54) is 0 Å². The molecule has 0 saturated heterocycles. The number of aromatic nitrogens is 2. The number of nitrogens with zero attached hydrogens (tertiary/aromatic N) is 1. The van der Waals surface area contributed by atoms with Crippen molar-refractivity contribution < 1.29 is 5.11 Å². The number of imidazole rings is 1. The van der Waals surface area contributed by atoms with Gasteiger partial charge in [0.05, 0.1) is 5.69 Å². The minimum atomic E-state index is 0.155. The Morgan fingerprint density at radius 3 is 2.77 bits per heavy atom. The number of aromatic amines is 1. The van der Waals surface area contributed by atoms with Gasteiger partial charge in [-0.25, -0.2) is 4.98 Å². The second-order valence-corrected chi connectivity index (χ2v) is 4.28. The summed E-state index contributed by atoms with van der Waals surface area (Å²) in [6.07, 6.45) is 1.58. The third-order valence-corrected chi connectivity index (χ3v) is 2.40. The molecule has 13 heavy (non-hydrogen) atoms. The van der Waals surface area contributed by atoms with E-state index in [2.05, 4.69) is 39.7 Å². The van der Waals surface area contributed by atoms with Crippen molar-refractivity contribution in [2.24, 2.45) is 5.92 Å². The molecule has 0 aliphatic rings. The van der Waals surface area contributed by atoms with Crippen LogP contribution in [0.5, 0.6) is 0 Å². The molecular weight excluding hydrogens is 232 g/mol. The highest BCUT2D eigenvalue weighted by Gasteiger charge is 2.07. The van der Waals surface area contributed by atoms with Gasteiger partial charge in [-0.3, -0.25) is 0 Å². The highest BCUT2D eigenvalue weighted by atomic mass is 79.9. The van der Waals surface area contributed by atoms with E-state index in [1.54, 1.807) is 0 Å². The van der Waals surface area contributed by atoms with E-state index >= 15 is 0 Å². The predicted octanol–water partition coefficient (Wildman–Crippen LogP) is 1.91. The second kappa shape index (κ2) is 4.77. The lowest BCUT2D eigenvalue weighted by molar-refractivity contribution is 0.298. The molecule has 0 bridgehead atoms. The summed E-state index contributed by atoms with van der Waals surface area (Å²) in [6.45, 7) is 4.46. The first kappa shape index (κ1) is 10.7. The van der Waals surface area contributed by atoms with Crippen molar-refractivity contribution in [3.8, 4) is 0 Å². The number of aliphatic hydroxyl groups is 1. The standard InChI is InChI=1S/C9H15BrN2O/c1-6(2)5-8-11-7(3-4-13)9(10)12-8/h6,13H,3-5H2,1-2H3,(H,11,12). The molecule has 0 amide bonds. The molecule has 2 N–H and O–H groups in total. The normalized spacial score (nSPS) is 11.2. The zero-order chi connectivity index (χ0) is 9.84. The minimum absolute atomic E-state index is 0.155. The first-order chi connectivity index (χ1) is 6.13. The van der Waals surface area contributed by atoms with Crippen LogP contribution < -0.4 is 0 Å². The molecule has 3 nitrogen and oxygen atoms in total. The predicted molar refractivity (Wildman–Crippen MR) is 55.6 cm³/mol. The SMILES string of the molecule is CC(C)Cc1nc(Br)c(CCO)[nH]1. The number of rotatable bonds is 4. The second-order valence-electron chi connectivity index (χ2n) is 3.52. The molecule has 0 saturated carbocycles. The first-order valence-electron chi connectivity index (χ1n) is 4.47. The van der Waals surface area contributed by atoms with Crippen molar-refractivity contribution in [2.45, 2.75) is 26.7 Å². The molecule has 4 heteroatoms. The van der Waals surface area contributed by atoms with Gasteiger partial charge in [-0.05, 0) is 21.8 Å². The van der Waals surface area contributed by atoms with Gasteiger partial charge in [-0.15, -0.1) is 0 Å². The molecule has 0 aromatic carbocycles. The minimum Gasteiger partial charge on any atom is -0.396 e. The van der Waals surface area contributed by atoms with Crippen LogP contribution in [0, 0.1) is 5.92 Å². The molecule has 1 aromatic heterocycles. The number of hydrogen-bond acceptors (Lipinski definition) is 2. The van der Waals surface area contributed by atoms with Gasteiger partial charge in [-0.1, -0.05) is 13.8 Å². The summed E-state index contributed by atoms with van der Waals surface area (Å²) >= 11 is 3.35. The quantitative estimate of drug-likeness (QED) is 0.853. The van der Waals surface area contributed by atoms with E-state index in [9.17, 15) is 0 Å². The van der Waals surface area contributed by atoms with Gasteiger partial charge in [-0.2, -0.15) is 0 Å². The lowest BCUT2D eigenvalue weighted by Crippen LogP contribution is -1.97. The van der Waals surface area contributed by atoms with Crippen LogP contribution >= 0.6 is 15.9 Å². The molecule has 0 spiro atoms. The summed E-state index contributed by atoms with van der Waals surface area (Å²) in [7, 11) is 0. The Morgan fingerprint density at radius 2 is 2.23 bits per heavy atom. The number of H-pyrrole nitrogens is 1. The van der Waals surface area contributed by atoms with E-state index in [4.69, 9.17) is 5.11 Å². The van der Waals surface area contributed by atoms with E-state index < -0.39 is 0 Å². The van der Waals surface area contributed by atoms with Crippen molar-refractivity contribution >= 4 is 15.9 Å². The number of nitrogens with one attached hydrogen (secondary N) is 1. The van der Waals surface area contributed by atoms with E-state index in [-0.39, 0.29) is 6.61 Å². The fourth-order valence-electron chi connectivity index (χ4n) is 1.20. The van der Waals surface area contributed by atoms with Crippen LogP contribution in [0.4, 0.5) is 0 Å². The molecule has 0 radical (unpaired) electrons. The number of halogens is 1. The molecule has 1 aromatic rings. The highest BCUT2D eigenvalue weighted by molar-refractivity contribution is 9.10. The first-order valence-corrected chi connectivity index (χ1v) is 5.27. The van der Waals surface area contributed by atoms with Gasteiger partial charge in [0, 0.05) is 19.4 Å². The average Bonchev–Trinajstić information content (AvgIpc) is 2.31. The van der Waals surface area contributed by atoms with E-state index in [0.717, 1.165) is 22.5 Å². The fourth-order valence-corrected chi connectivity index (χ4v) is 1.71. The van der Waals surface area contributed by atoms with Gasteiger partial charge < -0.3 is 10.1 Å². The Kier molecular flexibility index (Phi) is 3.93. The van der Waals surface area contributed by atoms with Crippen LogP contribution in [0.1, 0.15) is 25.4 Å². The van der Waals surface area contributed by atoms with Crippen molar-refractivity contribution in [1.29, 1.82) is 0 Å². The molecule has 0 aliphatic carbocycles. The summed E-state index contributed by atoms with van der Waals surface area (Å²) in [5.74, 6) is 1.59. The van der Waals surface area contributed by atoms with Crippen molar-refractivity contribution in [3.05, 3.63) is 16.1 Å². The maximum atomic E-state index is 8.77. The maximum absolute atomic E-state index is 8.77. The molecule has 1 rings (SSSR count). The Bertz CT molecular complexity index is 271. The van der Waals surface area contributed by atoms with E-state index in [1.807, 2.05) is 0 Å². The van der Waals surface area contributed by atoms with Crippen LogP contribution in [0.3, 0.4) is 0 Å². The summed E-state index contributed by atoms with van der Waals surface area (Å²) in [5.41, 5.74) is 0.984. The molecule has 1 heterocycles. The Hall–Kier alpha value is -0.350. The molecule has 0 fully saturated rings. The van der Waals surface area contributed by atoms with Gasteiger partial charge in [0.1, 0.15) is 10.4 Å². The average molecular weight is 247 g/mol. The van der Waals surface area contributed by atoms with Crippen LogP contribution in [-0.4, -0.2) is 21.7 Å². The maximum Gasteiger partial charge on any atom is 0.127 e. The highest BCUT2D eigenvalue weighted by Crippen LogP contribution is 2.15. The van der Waals surface area contributed by atoms with Gasteiger partial charge in [0.2, 0.25) is 0 Å². The number of hydrogen-bond donors (Lipinski definition) is 2. The lowest BCUT2D eigenvalue weighted by atomic mass is 10.1. The zero-order valence-corrected chi connectivity index (χ0v) is 9.56. The van der Waals surface area contributed by atoms with Gasteiger partial charge in [0.25, 0.3) is 0 Å². The topological polar surface area (TPSA) is 48.9 Å². The van der Waals surface area contributed by atoms with Crippen molar-refractivity contribution in [2.75, 3.05) is 6.61 Å². The molecule has 74 valence electrons. The van der Waals surface area contributed by atoms with Gasteiger partial charge in [0.15, 0.2) is 0 Å². The Labute approximate surface area is 86.7 Å². The lowest BCUT2D eigenvalue weighted by Gasteiger charge is -1.99. The van der Waals surface area contributed by atoms with E-state index in [0.29, 0.717) is 12.3 Å². The Balaban J connectivity index is 2.70.